The summed E-state index contributed by atoms with van der Waals surface area (Å²) in [5.74, 6) is 0.802. The van der Waals surface area contributed by atoms with Crippen LogP contribution in [0, 0.1) is 0 Å². The molecule has 2 amide bonds. The Labute approximate surface area is 256 Å². The van der Waals surface area contributed by atoms with Crippen LogP contribution in [0.5, 0.6) is 11.5 Å². The smallest absolute Gasteiger partial charge is 0.255 e. The third kappa shape index (κ3) is 10.4. The van der Waals surface area contributed by atoms with Crippen molar-refractivity contribution in [1.29, 1.82) is 0 Å². The van der Waals surface area contributed by atoms with Gasteiger partial charge >= 0.3 is 0 Å². The Kier molecular flexibility index (Phi) is 14.4. The molecule has 1 aliphatic carbocycles. The Balaban J connectivity index is 1.66. The fourth-order valence-electron chi connectivity index (χ4n) is 5.00. The van der Waals surface area contributed by atoms with Crippen LogP contribution in [-0.2, 0) is 0 Å². The van der Waals surface area contributed by atoms with Crippen LogP contribution in [0.3, 0.4) is 0 Å². The zero-order valence-electron chi connectivity index (χ0n) is 23.9. The van der Waals surface area contributed by atoms with Crippen molar-refractivity contribution in [3.05, 3.63) is 56.5 Å². The molecule has 0 spiro atoms. The summed E-state index contributed by atoms with van der Waals surface area (Å²) in [5, 5.41) is 6.41. The maximum absolute atomic E-state index is 13.5. The van der Waals surface area contributed by atoms with E-state index in [0.717, 1.165) is 60.3 Å². The molecule has 0 radical (unpaired) electrons. The highest BCUT2D eigenvalue weighted by atomic mass is 79.9. The Morgan fingerprint density at radius 3 is 1.52 bits per heavy atom. The molecule has 3 rings (SSSR count). The van der Waals surface area contributed by atoms with Gasteiger partial charge in [0, 0.05) is 21.0 Å². The van der Waals surface area contributed by atoms with Crippen LogP contribution in [0.25, 0.3) is 0 Å². The molecule has 1 aliphatic rings. The molecule has 0 bridgehead atoms. The molecule has 0 heterocycles. The lowest BCUT2D eigenvalue weighted by Crippen LogP contribution is -2.53. The molecule has 0 saturated heterocycles. The molecule has 2 atom stereocenters. The Hall–Kier alpha value is -2.06. The average Bonchev–Trinajstić information content (AvgIpc) is 2.95. The van der Waals surface area contributed by atoms with Crippen molar-refractivity contribution in [2.75, 3.05) is 13.2 Å². The van der Waals surface area contributed by atoms with Crippen LogP contribution in [-0.4, -0.2) is 37.1 Å². The predicted octanol–water partition coefficient (Wildman–Crippen LogP) is 8.60. The number of halogens is 2. The van der Waals surface area contributed by atoms with E-state index in [9.17, 15) is 9.59 Å². The first-order valence-corrected chi connectivity index (χ1v) is 16.5. The van der Waals surface area contributed by atoms with Crippen molar-refractivity contribution in [2.24, 2.45) is 0 Å². The van der Waals surface area contributed by atoms with Gasteiger partial charge in [0.25, 0.3) is 11.8 Å². The molecular weight excluding hydrogens is 636 g/mol. The molecule has 1 fully saturated rings. The standard InChI is InChI=1S/C32H44Br2N2O4/c1-3-5-7-11-19-39-29-17-15-23(33)21-25(29)31(37)35-27-13-9-10-14-28(27)36-32(38)26-22-24(34)16-18-30(26)40-20-12-8-6-4-2/h15-18,21-22,27-28H,3-14,19-20H2,1-2H3,(H,35,37)(H,36,38). The molecule has 220 valence electrons. The molecule has 40 heavy (non-hydrogen) atoms. The Morgan fingerprint density at radius 2 is 1.12 bits per heavy atom. The fourth-order valence-corrected chi connectivity index (χ4v) is 5.72. The van der Waals surface area contributed by atoms with E-state index in [1.54, 1.807) is 12.1 Å². The van der Waals surface area contributed by atoms with Gasteiger partial charge in [0.05, 0.1) is 24.3 Å². The molecule has 2 aromatic carbocycles. The summed E-state index contributed by atoms with van der Waals surface area (Å²) in [6, 6.07) is 10.7. The van der Waals surface area contributed by atoms with Crippen LogP contribution in [0.2, 0.25) is 0 Å². The van der Waals surface area contributed by atoms with Crippen molar-refractivity contribution in [2.45, 2.75) is 103 Å². The minimum atomic E-state index is -0.186. The second kappa shape index (κ2) is 17.7. The largest absolute Gasteiger partial charge is 0.493 e. The number of benzene rings is 2. The summed E-state index contributed by atoms with van der Waals surface area (Å²) in [5.41, 5.74) is 1.01. The predicted molar refractivity (Wildman–Crippen MR) is 169 cm³/mol. The van der Waals surface area contributed by atoms with E-state index in [2.05, 4.69) is 56.3 Å². The van der Waals surface area contributed by atoms with Gasteiger partial charge in [-0.2, -0.15) is 0 Å². The van der Waals surface area contributed by atoms with E-state index in [1.807, 2.05) is 24.3 Å². The molecule has 0 aromatic heterocycles. The van der Waals surface area contributed by atoms with E-state index in [0.29, 0.717) is 35.8 Å². The summed E-state index contributed by atoms with van der Waals surface area (Å²) >= 11 is 6.99. The second-order valence-corrected chi connectivity index (χ2v) is 12.4. The van der Waals surface area contributed by atoms with Crippen LogP contribution in [0.1, 0.15) is 112 Å². The first-order chi connectivity index (χ1) is 19.4. The summed E-state index contributed by atoms with van der Waals surface area (Å²) < 4.78 is 13.7. The molecule has 2 N–H and O–H groups in total. The number of carbonyl (C=O) groups is 2. The Bertz CT molecular complexity index is 1010. The highest BCUT2D eigenvalue weighted by molar-refractivity contribution is 9.10. The van der Waals surface area contributed by atoms with E-state index >= 15 is 0 Å². The minimum Gasteiger partial charge on any atom is -0.493 e. The van der Waals surface area contributed by atoms with Gasteiger partial charge in [-0.15, -0.1) is 0 Å². The van der Waals surface area contributed by atoms with Gasteiger partial charge in [0.15, 0.2) is 0 Å². The number of amides is 2. The van der Waals surface area contributed by atoms with Gasteiger partial charge in [-0.25, -0.2) is 0 Å². The van der Waals surface area contributed by atoms with Crippen molar-refractivity contribution in [3.63, 3.8) is 0 Å². The SMILES string of the molecule is CCCCCCOc1ccc(Br)cc1C(=O)NC1CCCCC1NC(=O)c1cc(Br)ccc1OCCCCCC. The van der Waals surface area contributed by atoms with Crippen LogP contribution < -0.4 is 20.1 Å². The quantitative estimate of drug-likeness (QED) is 0.174. The zero-order valence-corrected chi connectivity index (χ0v) is 27.1. The molecule has 1 saturated carbocycles. The summed E-state index contributed by atoms with van der Waals surface area (Å²) in [7, 11) is 0. The number of rotatable bonds is 16. The highest BCUT2D eigenvalue weighted by Gasteiger charge is 2.30. The molecule has 0 aliphatic heterocycles. The average molecular weight is 681 g/mol. The van der Waals surface area contributed by atoms with Crippen LogP contribution >= 0.6 is 31.9 Å². The topological polar surface area (TPSA) is 76.7 Å². The maximum atomic E-state index is 13.5. The zero-order chi connectivity index (χ0) is 28.7. The fraction of sp³-hybridized carbons (Fsp3) is 0.562. The molecule has 8 heteroatoms. The van der Waals surface area contributed by atoms with Gasteiger partial charge in [-0.1, -0.05) is 97.1 Å². The number of hydrogen-bond donors (Lipinski definition) is 2. The van der Waals surface area contributed by atoms with Gasteiger partial charge in [0.1, 0.15) is 11.5 Å². The lowest BCUT2D eigenvalue weighted by molar-refractivity contribution is 0.0858. The summed E-state index contributed by atoms with van der Waals surface area (Å²) in [6.45, 7) is 5.53. The van der Waals surface area contributed by atoms with Crippen molar-refractivity contribution < 1.29 is 19.1 Å². The molecular formula is C32H44Br2N2O4. The van der Waals surface area contributed by atoms with Gasteiger partial charge < -0.3 is 20.1 Å². The number of ether oxygens (including phenoxy) is 2. The lowest BCUT2D eigenvalue weighted by atomic mass is 9.89. The number of unbranched alkanes of at least 4 members (excludes halogenated alkanes) is 6. The van der Waals surface area contributed by atoms with Gasteiger partial charge in [0.2, 0.25) is 0 Å². The van der Waals surface area contributed by atoms with E-state index in [-0.39, 0.29) is 23.9 Å². The van der Waals surface area contributed by atoms with Crippen molar-refractivity contribution >= 4 is 43.7 Å². The normalized spacial score (nSPS) is 16.8. The van der Waals surface area contributed by atoms with E-state index in [4.69, 9.17) is 9.47 Å². The molecule has 2 aromatic rings. The van der Waals surface area contributed by atoms with Crippen molar-refractivity contribution in [1.82, 2.24) is 10.6 Å². The molecule has 6 nitrogen and oxygen atoms in total. The van der Waals surface area contributed by atoms with Crippen LogP contribution in [0.15, 0.2) is 45.3 Å². The number of hydrogen-bond acceptors (Lipinski definition) is 4. The number of carbonyl (C=O) groups excluding carboxylic acids is 2. The summed E-state index contributed by atoms with van der Waals surface area (Å²) in [4.78, 5) is 26.9. The number of nitrogens with one attached hydrogen (secondary N) is 2. The third-order valence-corrected chi connectivity index (χ3v) is 8.27. The second-order valence-electron chi connectivity index (χ2n) is 10.5. The van der Waals surface area contributed by atoms with E-state index < -0.39 is 0 Å². The van der Waals surface area contributed by atoms with E-state index in [1.165, 1.54) is 25.7 Å². The first-order valence-electron chi connectivity index (χ1n) is 14.9. The highest BCUT2D eigenvalue weighted by Crippen LogP contribution is 2.27. The third-order valence-electron chi connectivity index (χ3n) is 7.28. The molecule has 2 unspecified atom stereocenters. The van der Waals surface area contributed by atoms with Gasteiger partial charge in [-0.05, 0) is 62.1 Å². The monoisotopic (exact) mass is 678 g/mol. The van der Waals surface area contributed by atoms with Crippen molar-refractivity contribution in [3.8, 4) is 11.5 Å². The minimum absolute atomic E-state index is 0.174. The Morgan fingerprint density at radius 1 is 0.700 bits per heavy atom. The van der Waals surface area contributed by atoms with Crippen LogP contribution in [0.4, 0.5) is 0 Å². The lowest BCUT2D eigenvalue weighted by Gasteiger charge is -2.33. The maximum Gasteiger partial charge on any atom is 0.255 e. The summed E-state index contributed by atoms with van der Waals surface area (Å²) in [6.07, 6.45) is 12.4. The first kappa shape index (κ1) is 32.5. The van der Waals surface area contributed by atoms with Gasteiger partial charge in [-0.3, -0.25) is 9.59 Å².